The molecule has 0 aliphatic heterocycles. The van der Waals surface area contributed by atoms with Crippen LogP contribution in [-0.2, 0) is 7.05 Å². The van der Waals surface area contributed by atoms with E-state index in [1.54, 1.807) is 17.8 Å². The number of fused-ring (bicyclic) bond motifs is 1. The highest BCUT2D eigenvalue weighted by atomic mass is 16.4. The molecule has 0 radical (unpaired) electrons. The van der Waals surface area contributed by atoms with Gasteiger partial charge in [-0.2, -0.15) is 0 Å². The number of hydrogen-bond donors (Lipinski definition) is 1. The lowest BCUT2D eigenvalue weighted by Gasteiger charge is -2.00. The number of carboxylic acids is 1. The number of aryl methyl sites for hydroxylation is 1. The maximum Gasteiger partial charge on any atom is 0.352 e. The summed E-state index contributed by atoms with van der Waals surface area (Å²) in [7, 11) is 1.79. The van der Waals surface area contributed by atoms with Crippen LogP contribution < -0.4 is 0 Å². The third-order valence-electron chi connectivity index (χ3n) is 3.18. The Labute approximate surface area is 92.5 Å². The van der Waals surface area contributed by atoms with Crippen LogP contribution in [0, 0.1) is 0 Å². The molecule has 0 unspecified atom stereocenters. The van der Waals surface area contributed by atoms with Gasteiger partial charge in [0.2, 0.25) is 0 Å². The Morgan fingerprint density at radius 2 is 2.31 bits per heavy atom. The van der Waals surface area contributed by atoms with Crippen LogP contribution in [0.15, 0.2) is 18.3 Å². The monoisotopic (exact) mass is 216 g/mol. The van der Waals surface area contributed by atoms with E-state index < -0.39 is 5.97 Å². The second-order valence-electron chi connectivity index (χ2n) is 4.27. The number of rotatable bonds is 2. The van der Waals surface area contributed by atoms with Crippen molar-refractivity contribution < 1.29 is 9.90 Å². The number of carbonyl (C=O) groups is 1. The molecule has 1 saturated carbocycles. The van der Waals surface area contributed by atoms with Crippen molar-refractivity contribution in [1.29, 1.82) is 0 Å². The van der Waals surface area contributed by atoms with Gasteiger partial charge in [-0.25, -0.2) is 4.79 Å². The van der Waals surface area contributed by atoms with Crippen LogP contribution in [0.1, 0.15) is 34.8 Å². The maximum atomic E-state index is 11.3. The van der Waals surface area contributed by atoms with E-state index >= 15 is 0 Å². The zero-order chi connectivity index (χ0) is 11.3. The summed E-state index contributed by atoms with van der Waals surface area (Å²) in [5.74, 6) is -0.466. The lowest BCUT2D eigenvalue weighted by Crippen LogP contribution is -2.06. The number of carboxylic acid groups (broad SMARTS) is 1. The SMILES string of the molecule is Cn1c(C(=O)O)c(C2CC2)c2ncccc21. The molecule has 0 saturated heterocycles. The standard InChI is InChI=1S/C12H12N2O2/c1-14-8-3-2-6-13-10(8)9(7-4-5-7)11(14)12(15)16/h2-3,6-7H,4-5H2,1H3,(H,15,16). The first-order valence-electron chi connectivity index (χ1n) is 5.36. The molecule has 1 N–H and O–H groups in total. The maximum absolute atomic E-state index is 11.3. The Hall–Kier alpha value is -1.84. The third kappa shape index (κ3) is 1.16. The fourth-order valence-electron chi connectivity index (χ4n) is 2.31. The van der Waals surface area contributed by atoms with E-state index in [9.17, 15) is 9.90 Å². The topological polar surface area (TPSA) is 55.1 Å². The quantitative estimate of drug-likeness (QED) is 0.836. The first kappa shape index (κ1) is 9.39. The second kappa shape index (κ2) is 3.07. The number of nitrogens with zero attached hydrogens (tertiary/aromatic N) is 2. The van der Waals surface area contributed by atoms with E-state index in [0.717, 1.165) is 29.4 Å². The van der Waals surface area contributed by atoms with Gasteiger partial charge in [0.25, 0.3) is 0 Å². The molecule has 1 aliphatic rings. The summed E-state index contributed by atoms with van der Waals surface area (Å²) in [6.45, 7) is 0. The first-order chi connectivity index (χ1) is 7.70. The first-order valence-corrected chi connectivity index (χ1v) is 5.36. The smallest absolute Gasteiger partial charge is 0.352 e. The Bertz CT molecular complexity index is 582. The molecule has 2 aromatic rings. The number of aromatic carboxylic acids is 1. The van der Waals surface area contributed by atoms with Crippen LogP contribution in [0.2, 0.25) is 0 Å². The van der Waals surface area contributed by atoms with Crippen molar-refractivity contribution in [3.8, 4) is 0 Å². The Morgan fingerprint density at radius 1 is 1.56 bits per heavy atom. The van der Waals surface area contributed by atoms with Crippen molar-refractivity contribution in [1.82, 2.24) is 9.55 Å². The molecule has 2 aromatic heterocycles. The zero-order valence-electron chi connectivity index (χ0n) is 8.97. The highest BCUT2D eigenvalue weighted by Gasteiger charge is 2.33. The molecule has 3 rings (SSSR count). The van der Waals surface area contributed by atoms with Crippen molar-refractivity contribution in [3.05, 3.63) is 29.6 Å². The molecule has 4 heteroatoms. The minimum atomic E-state index is -0.859. The van der Waals surface area contributed by atoms with Crippen LogP contribution in [0.5, 0.6) is 0 Å². The normalized spacial score (nSPS) is 15.6. The van der Waals surface area contributed by atoms with Gasteiger partial charge in [-0.15, -0.1) is 0 Å². The van der Waals surface area contributed by atoms with Gasteiger partial charge < -0.3 is 9.67 Å². The Balaban J connectivity index is 2.41. The van der Waals surface area contributed by atoms with E-state index in [-0.39, 0.29) is 0 Å². The predicted octanol–water partition coefficient (Wildman–Crippen LogP) is 2.15. The lowest BCUT2D eigenvalue weighted by molar-refractivity contribution is 0.0685. The van der Waals surface area contributed by atoms with Gasteiger partial charge in [0.1, 0.15) is 5.69 Å². The van der Waals surface area contributed by atoms with Gasteiger partial charge in [0.05, 0.1) is 11.0 Å². The molecule has 2 heterocycles. The zero-order valence-corrected chi connectivity index (χ0v) is 8.97. The predicted molar refractivity (Wildman–Crippen MR) is 59.6 cm³/mol. The molecule has 82 valence electrons. The average Bonchev–Trinajstić information content (AvgIpc) is 3.05. The number of pyridine rings is 1. The van der Waals surface area contributed by atoms with Crippen LogP contribution in [0.25, 0.3) is 11.0 Å². The summed E-state index contributed by atoms with van der Waals surface area (Å²) in [5.41, 5.74) is 3.08. The van der Waals surface area contributed by atoms with Gasteiger partial charge in [0, 0.05) is 18.8 Å². The minimum Gasteiger partial charge on any atom is -0.477 e. The molecule has 4 nitrogen and oxygen atoms in total. The highest BCUT2D eigenvalue weighted by Crippen LogP contribution is 2.45. The summed E-state index contributed by atoms with van der Waals surface area (Å²) in [6.07, 6.45) is 3.88. The van der Waals surface area contributed by atoms with Crippen molar-refractivity contribution >= 4 is 17.0 Å². The van der Waals surface area contributed by atoms with Gasteiger partial charge in [0.15, 0.2) is 0 Å². The van der Waals surface area contributed by atoms with E-state index in [1.165, 1.54) is 0 Å². The van der Waals surface area contributed by atoms with Crippen molar-refractivity contribution in [3.63, 3.8) is 0 Å². The van der Waals surface area contributed by atoms with Gasteiger partial charge in [-0.1, -0.05) is 0 Å². The molecule has 16 heavy (non-hydrogen) atoms. The molecular formula is C12H12N2O2. The average molecular weight is 216 g/mol. The summed E-state index contributed by atoms with van der Waals surface area (Å²) >= 11 is 0. The summed E-state index contributed by atoms with van der Waals surface area (Å²) < 4.78 is 1.73. The van der Waals surface area contributed by atoms with Gasteiger partial charge >= 0.3 is 5.97 Å². The lowest BCUT2D eigenvalue weighted by atomic mass is 10.1. The van der Waals surface area contributed by atoms with E-state index in [2.05, 4.69) is 4.98 Å². The Kier molecular flexibility index (Phi) is 1.80. The Morgan fingerprint density at radius 3 is 2.94 bits per heavy atom. The minimum absolute atomic E-state index is 0.393. The molecule has 0 spiro atoms. The fraction of sp³-hybridized carbons (Fsp3) is 0.333. The van der Waals surface area contributed by atoms with Crippen LogP contribution in [0.3, 0.4) is 0 Å². The van der Waals surface area contributed by atoms with E-state index in [4.69, 9.17) is 0 Å². The van der Waals surface area contributed by atoms with Crippen LogP contribution >= 0.6 is 0 Å². The summed E-state index contributed by atoms with van der Waals surface area (Å²) in [4.78, 5) is 15.6. The van der Waals surface area contributed by atoms with Gasteiger partial charge in [-0.05, 0) is 30.9 Å². The van der Waals surface area contributed by atoms with Gasteiger partial charge in [-0.3, -0.25) is 4.98 Å². The van der Waals surface area contributed by atoms with Crippen LogP contribution in [0.4, 0.5) is 0 Å². The van der Waals surface area contributed by atoms with Crippen molar-refractivity contribution in [2.24, 2.45) is 7.05 Å². The molecule has 0 atom stereocenters. The molecule has 1 aliphatic carbocycles. The second-order valence-corrected chi connectivity index (χ2v) is 4.27. The van der Waals surface area contributed by atoms with E-state index in [0.29, 0.717) is 11.6 Å². The van der Waals surface area contributed by atoms with Crippen molar-refractivity contribution in [2.45, 2.75) is 18.8 Å². The molecule has 0 bridgehead atoms. The molecular weight excluding hydrogens is 204 g/mol. The number of aromatic nitrogens is 2. The summed E-state index contributed by atoms with van der Waals surface area (Å²) in [6, 6.07) is 3.76. The van der Waals surface area contributed by atoms with Crippen molar-refractivity contribution in [2.75, 3.05) is 0 Å². The third-order valence-corrected chi connectivity index (χ3v) is 3.18. The summed E-state index contributed by atoms with van der Waals surface area (Å²) in [5, 5.41) is 9.28. The fourth-order valence-corrected chi connectivity index (χ4v) is 2.31. The number of hydrogen-bond acceptors (Lipinski definition) is 2. The largest absolute Gasteiger partial charge is 0.477 e. The van der Waals surface area contributed by atoms with Crippen LogP contribution in [-0.4, -0.2) is 20.6 Å². The van der Waals surface area contributed by atoms with E-state index in [1.807, 2.05) is 12.1 Å². The molecule has 1 fully saturated rings. The molecule has 0 amide bonds. The highest BCUT2D eigenvalue weighted by molar-refractivity contribution is 5.97. The molecule has 0 aromatic carbocycles.